The molecule has 0 unspecified atom stereocenters. The summed E-state index contributed by atoms with van der Waals surface area (Å²) >= 11 is 1.66. The summed E-state index contributed by atoms with van der Waals surface area (Å²) in [6.45, 7) is 4.62. The van der Waals surface area contributed by atoms with Gasteiger partial charge in [-0.25, -0.2) is 0 Å². The van der Waals surface area contributed by atoms with Crippen molar-refractivity contribution < 1.29 is 4.79 Å². The van der Waals surface area contributed by atoms with E-state index in [0.717, 1.165) is 28.8 Å². The molecule has 1 fully saturated rings. The van der Waals surface area contributed by atoms with Gasteiger partial charge in [0.05, 0.1) is 0 Å². The molecule has 1 aliphatic carbocycles. The second-order valence-electron chi connectivity index (χ2n) is 6.42. The number of thioether (sulfide) groups is 1. The molecule has 25 heavy (non-hydrogen) atoms. The largest absolute Gasteiger partial charge is 0.366 e. The Hall–Kier alpha value is -2.08. The van der Waals surface area contributed by atoms with Crippen molar-refractivity contribution in [2.24, 2.45) is 5.73 Å². The zero-order chi connectivity index (χ0) is 17.6. The molecule has 0 saturated heterocycles. The van der Waals surface area contributed by atoms with Crippen LogP contribution in [0, 0.1) is 0 Å². The Bertz CT molecular complexity index is 732. The number of nitrogens with two attached hydrogens (primary N) is 1. The molecule has 1 saturated carbocycles. The highest BCUT2D eigenvalue weighted by atomic mass is 32.2. The number of rotatable bonds is 7. The summed E-state index contributed by atoms with van der Waals surface area (Å²) in [7, 11) is 0. The van der Waals surface area contributed by atoms with Crippen LogP contribution >= 0.6 is 11.8 Å². The molecule has 0 spiro atoms. The van der Waals surface area contributed by atoms with E-state index < -0.39 is 5.91 Å². The SMILES string of the molecule is C=CCn1c(SCc2ccc(C(N)=O)cc2)nnc1C1CCCCC1. The fraction of sp³-hybridized carbons (Fsp3) is 0.421. The third-order valence-corrected chi connectivity index (χ3v) is 5.67. The van der Waals surface area contributed by atoms with Crippen LogP contribution in [0.2, 0.25) is 0 Å². The molecule has 0 atom stereocenters. The fourth-order valence-electron chi connectivity index (χ4n) is 3.28. The molecular weight excluding hydrogens is 332 g/mol. The lowest BCUT2D eigenvalue weighted by Crippen LogP contribution is -2.12. The van der Waals surface area contributed by atoms with Gasteiger partial charge in [0.1, 0.15) is 5.82 Å². The van der Waals surface area contributed by atoms with Crippen LogP contribution in [0.5, 0.6) is 0 Å². The predicted octanol–water partition coefficient (Wildman–Crippen LogP) is 3.90. The highest BCUT2D eigenvalue weighted by Gasteiger charge is 2.23. The van der Waals surface area contributed by atoms with E-state index in [1.807, 2.05) is 18.2 Å². The molecule has 1 aromatic carbocycles. The minimum atomic E-state index is -0.401. The average Bonchev–Trinajstić information content (AvgIpc) is 3.04. The molecule has 5 nitrogen and oxygen atoms in total. The Morgan fingerprint density at radius 2 is 1.96 bits per heavy atom. The van der Waals surface area contributed by atoms with Gasteiger partial charge in [0, 0.05) is 23.8 Å². The summed E-state index contributed by atoms with van der Waals surface area (Å²) in [6.07, 6.45) is 8.19. The van der Waals surface area contributed by atoms with E-state index in [1.54, 1.807) is 23.9 Å². The van der Waals surface area contributed by atoms with E-state index in [0.29, 0.717) is 11.5 Å². The number of allylic oxidation sites excluding steroid dienone is 1. The van der Waals surface area contributed by atoms with Crippen LogP contribution < -0.4 is 5.73 Å². The molecule has 6 heteroatoms. The molecule has 0 bridgehead atoms. The van der Waals surface area contributed by atoms with Crippen molar-refractivity contribution in [3.8, 4) is 0 Å². The molecule has 0 radical (unpaired) electrons. The molecule has 2 aromatic rings. The number of hydrogen-bond donors (Lipinski definition) is 1. The van der Waals surface area contributed by atoms with Gasteiger partial charge in [-0.1, -0.05) is 49.2 Å². The van der Waals surface area contributed by atoms with Gasteiger partial charge in [-0.2, -0.15) is 0 Å². The summed E-state index contributed by atoms with van der Waals surface area (Å²) in [6, 6.07) is 7.40. The van der Waals surface area contributed by atoms with Crippen LogP contribution in [0.15, 0.2) is 42.1 Å². The lowest BCUT2D eigenvalue weighted by atomic mass is 9.89. The Morgan fingerprint density at radius 1 is 1.24 bits per heavy atom. The molecule has 1 amide bonds. The molecular formula is C19H24N4OS. The standard InChI is InChI=1S/C19H24N4OS/c1-2-12-23-18(16-6-4-3-5-7-16)21-22-19(23)25-13-14-8-10-15(11-9-14)17(20)24/h2,8-11,16H,1,3-7,12-13H2,(H2,20,24). The summed E-state index contributed by atoms with van der Waals surface area (Å²) in [5.41, 5.74) is 6.94. The Kier molecular flexibility index (Phi) is 5.91. The van der Waals surface area contributed by atoms with Crippen molar-refractivity contribution in [2.45, 2.75) is 55.5 Å². The molecule has 1 aromatic heterocycles. The van der Waals surface area contributed by atoms with Crippen molar-refractivity contribution in [3.63, 3.8) is 0 Å². The quantitative estimate of drug-likeness (QED) is 0.603. The normalized spacial score (nSPS) is 15.2. The first kappa shape index (κ1) is 17.7. The van der Waals surface area contributed by atoms with Crippen molar-refractivity contribution in [2.75, 3.05) is 0 Å². The minimum Gasteiger partial charge on any atom is -0.366 e. The highest BCUT2D eigenvalue weighted by Crippen LogP contribution is 2.33. The number of carbonyl (C=O) groups excluding carboxylic acids is 1. The number of primary amides is 1. The van der Waals surface area contributed by atoms with Crippen LogP contribution in [-0.2, 0) is 12.3 Å². The van der Waals surface area contributed by atoms with Crippen LogP contribution in [0.3, 0.4) is 0 Å². The minimum absolute atomic E-state index is 0.401. The molecule has 1 heterocycles. The number of benzene rings is 1. The van der Waals surface area contributed by atoms with Crippen LogP contribution in [0.4, 0.5) is 0 Å². The third-order valence-electron chi connectivity index (χ3n) is 4.63. The Morgan fingerprint density at radius 3 is 2.60 bits per heavy atom. The average molecular weight is 356 g/mol. The number of carbonyl (C=O) groups is 1. The summed E-state index contributed by atoms with van der Waals surface area (Å²) in [4.78, 5) is 11.1. The number of amides is 1. The topological polar surface area (TPSA) is 73.8 Å². The van der Waals surface area contributed by atoms with Gasteiger partial charge < -0.3 is 10.3 Å². The first-order valence-electron chi connectivity index (χ1n) is 8.74. The molecule has 1 aliphatic rings. The summed E-state index contributed by atoms with van der Waals surface area (Å²) < 4.78 is 2.20. The van der Waals surface area contributed by atoms with Gasteiger partial charge in [0.25, 0.3) is 0 Å². The van der Waals surface area contributed by atoms with Crippen molar-refractivity contribution in [1.82, 2.24) is 14.8 Å². The van der Waals surface area contributed by atoms with Gasteiger partial charge in [-0.3, -0.25) is 4.79 Å². The lowest BCUT2D eigenvalue weighted by Gasteiger charge is -2.21. The van der Waals surface area contributed by atoms with Gasteiger partial charge in [0.15, 0.2) is 5.16 Å². The number of nitrogens with zero attached hydrogens (tertiary/aromatic N) is 3. The van der Waals surface area contributed by atoms with E-state index in [4.69, 9.17) is 5.73 Å². The zero-order valence-corrected chi connectivity index (χ0v) is 15.2. The predicted molar refractivity (Wildman–Crippen MR) is 101 cm³/mol. The first-order chi connectivity index (χ1) is 12.2. The van der Waals surface area contributed by atoms with Crippen LogP contribution in [-0.4, -0.2) is 20.7 Å². The zero-order valence-electron chi connectivity index (χ0n) is 14.4. The van der Waals surface area contributed by atoms with Gasteiger partial charge in [0.2, 0.25) is 5.91 Å². The second-order valence-corrected chi connectivity index (χ2v) is 7.37. The maximum atomic E-state index is 11.1. The highest BCUT2D eigenvalue weighted by molar-refractivity contribution is 7.98. The van der Waals surface area contributed by atoms with Crippen molar-refractivity contribution in [3.05, 3.63) is 53.9 Å². The van der Waals surface area contributed by atoms with Crippen molar-refractivity contribution >= 4 is 17.7 Å². The Balaban J connectivity index is 1.72. The van der Waals surface area contributed by atoms with Crippen LogP contribution in [0.1, 0.15) is 59.8 Å². The monoisotopic (exact) mass is 356 g/mol. The van der Waals surface area contributed by atoms with E-state index in [1.165, 1.54) is 32.1 Å². The van der Waals surface area contributed by atoms with E-state index in [2.05, 4.69) is 21.3 Å². The van der Waals surface area contributed by atoms with E-state index in [-0.39, 0.29) is 0 Å². The molecule has 132 valence electrons. The molecule has 3 rings (SSSR count). The summed E-state index contributed by atoms with van der Waals surface area (Å²) in [5, 5.41) is 9.85. The third kappa shape index (κ3) is 4.31. The van der Waals surface area contributed by atoms with Crippen molar-refractivity contribution in [1.29, 1.82) is 0 Å². The van der Waals surface area contributed by atoms with Gasteiger partial charge in [-0.05, 0) is 30.5 Å². The maximum absolute atomic E-state index is 11.1. The second kappa shape index (κ2) is 8.34. The Labute approximate surface area is 152 Å². The van der Waals surface area contributed by atoms with Crippen LogP contribution in [0.25, 0.3) is 0 Å². The fourth-order valence-corrected chi connectivity index (χ4v) is 4.19. The van der Waals surface area contributed by atoms with Gasteiger partial charge in [-0.15, -0.1) is 16.8 Å². The maximum Gasteiger partial charge on any atom is 0.248 e. The summed E-state index contributed by atoms with van der Waals surface area (Å²) in [5.74, 6) is 2.00. The van der Waals surface area contributed by atoms with Gasteiger partial charge >= 0.3 is 0 Å². The van der Waals surface area contributed by atoms with E-state index in [9.17, 15) is 4.79 Å². The lowest BCUT2D eigenvalue weighted by molar-refractivity contribution is 0.100. The molecule has 0 aliphatic heterocycles. The number of aromatic nitrogens is 3. The first-order valence-corrected chi connectivity index (χ1v) is 9.73. The van der Waals surface area contributed by atoms with E-state index >= 15 is 0 Å². The smallest absolute Gasteiger partial charge is 0.248 e. The number of hydrogen-bond acceptors (Lipinski definition) is 4. The molecule has 2 N–H and O–H groups in total.